The average Bonchev–Trinajstić information content (AvgIpc) is 2.92. The fraction of sp³-hybridized carbons (Fsp3) is 0.533. The normalized spacial score (nSPS) is 21.0. The number of aryl methyl sites for hydroxylation is 2. The topological polar surface area (TPSA) is 29.3 Å². The Hall–Kier alpha value is -1.35. The summed E-state index contributed by atoms with van der Waals surface area (Å²) in [4.78, 5) is 7.01. The molecule has 1 atom stereocenters. The van der Waals surface area contributed by atoms with Gasteiger partial charge < -0.3 is 4.42 Å². The molecule has 96 valence electrons. The third kappa shape index (κ3) is 1.65. The van der Waals surface area contributed by atoms with Crippen molar-refractivity contribution >= 4 is 11.1 Å². The maximum atomic E-state index is 6.08. The Bertz CT molecular complexity index is 600. The van der Waals surface area contributed by atoms with Crippen LogP contribution in [0.2, 0.25) is 0 Å². The molecule has 1 aliphatic heterocycles. The second-order valence-corrected chi connectivity index (χ2v) is 5.45. The van der Waals surface area contributed by atoms with Crippen LogP contribution in [-0.2, 0) is 0 Å². The average molecular weight is 244 g/mol. The number of hydrogen-bond donors (Lipinski definition) is 0. The minimum Gasteiger partial charge on any atom is -0.457 e. The summed E-state index contributed by atoms with van der Waals surface area (Å²) in [7, 11) is 2.17. The maximum Gasteiger partial charge on any atom is 0.155 e. The van der Waals surface area contributed by atoms with Crippen LogP contribution < -0.4 is 0 Å². The molecule has 0 aliphatic carbocycles. The molecule has 0 spiro atoms. The molecule has 0 N–H and O–H groups in total. The van der Waals surface area contributed by atoms with Crippen LogP contribution in [0.5, 0.6) is 0 Å². The molecule has 1 unspecified atom stereocenters. The molecule has 0 aromatic carbocycles. The van der Waals surface area contributed by atoms with Crippen LogP contribution in [0.3, 0.4) is 0 Å². The summed E-state index contributed by atoms with van der Waals surface area (Å²) in [5, 5.41) is 0. The summed E-state index contributed by atoms with van der Waals surface area (Å²) >= 11 is 0. The molecule has 3 heterocycles. The molecule has 1 saturated heterocycles. The predicted octanol–water partition coefficient (Wildman–Crippen LogP) is 3.52. The van der Waals surface area contributed by atoms with Crippen LogP contribution >= 0.6 is 0 Å². The van der Waals surface area contributed by atoms with Gasteiger partial charge in [0.25, 0.3) is 0 Å². The quantitative estimate of drug-likeness (QED) is 0.768. The van der Waals surface area contributed by atoms with E-state index in [0.717, 1.165) is 29.1 Å². The van der Waals surface area contributed by atoms with Gasteiger partial charge in [0, 0.05) is 11.8 Å². The lowest BCUT2D eigenvalue weighted by molar-refractivity contribution is 0.281. The van der Waals surface area contributed by atoms with E-state index in [9.17, 15) is 0 Å². The van der Waals surface area contributed by atoms with Gasteiger partial charge in [-0.3, -0.25) is 4.90 Å². The third-order valence-electron chi connectivity index (χ3n) is 4.31. The lowest BCUT2D eigenvalue weighted by Gasteiger charge is -2.16. The van der Waals surface area contributed by atoms with Crippen LogP contribution in [0.1, 0.15) is 41.5 Å². The Labute approximate surface area is 108 Å². The monoisotopic (exact) mass is 244 g/mol. The molecule has 18 heavy (non-hydrogen) atoms. The van der Waals surface area contributed by atoms with Crippen molar-refractivity contribution in [3.63, 3.8) is 0 Å². The summed E-state index contributed by atoms with van der Waals surface area (Å²) in [5.74, 6) is 1.07. The Morgan fingerprint density at radius 1 is 1.28 bits per heavy atom. The first-order chi connectivity index (χ1) is 8.58. The molecule has 3 rings (SSSR count). The summed E-state index contributed by atoms with van der Waals surface area (Å²) in [6.45, 7) is 7.46. The van der Waals surface area contributed by atoms with Gasteiger partial charge in [0.2, 0.25) is 0 Å². The number of pyridine rings is 1. The van der Waals surface area contributed by atoms with E-state index >= 15 is 0 Å². The van der Waals surface area contributed by atoms with Gasteiger partial charge in [0.05, 0.1) is 6.04 Å². The summed E-state index contributed by atoms with van der Waals surface area (Å²) in [6.07, 6.45) is 2.44. The first-order valence-electron chi connectivity index (χ1n) is 6.65. The fourth-order valence-corrected chi connectivity index (χ4v) is 2.89. The SMILES string of the molecule is Cc1nc2cc(C3CCCN3C)oc2c(C)c1C. The predicted molar refractivity (Wildman–Crippen MR) is 72.8 cm³/mol. The molecule has 0 radical (unpaired) electrons. The minimum atomic E-state index is 0.430. The standard InChI is InChI=1S/C15H20N2O/c1-9-10(2)15-12(16-11(9)3)8-14(18-15)13-6-5-7-17(13)4/h8,13H,5-7H2,1-4H3. The van der Waals surface area contributed by atoms with Crippen molar-refractivity contribution in [2.45, 2.75) is 39.7 Å². The molecular weight excluding hydrogens is 224 g/mol. The Morgan fingerprint density at radius 3 is 2.72 bits per heavy atom. The first-order valence-corrected chi connectivity index (χ1v) is 6.65. The van der Waals surface area contributed by atoms with E-state index in [-0.39, 0.29) is 0 Å². The third-order valence-corrected chi connectivity index (χ3v) is 4.31. The van der Waals surface area contributed by atoms with E-state index in [4.69, 9.17) is 4.42 Å². The number of hydrogen-bond acceptors (Lipinski definition) is 3. The van der Waals surface area contributed by atoms with Crippen LogP contribution in [0.25, 0.3) is 11.1 Å². The zero-order chi connectivity index (χ0) is 12.9. The van der Waals surface area contributed by atoms with E-state index in [1.807, 2.05) is 0 Å². The van der Waals surface area contributed by atoms with Gasteiger partial charge in [-0.1, -0.05) is 0 Å². The second kappa shape index (κ2) is 4.09. The molecule has 3 nitrogen and oxygen atoms in total. The Morgan fingerprint density at radius 2 is 2.06 bits per heavy atom. The molecule has 0 saturated carbocycles. The van der Waals surface area contributed by atoms with Crippen molar-refractivity contribution in [2.24, 2.45) is 0 Å². The lowest BCUT2D eigenvalue weighted by atomic mass is 10.1. The second-order valence-electron chi connectivity index (χ2n) is 5.45. The first kappa shape index (κ1) is 11.7. The van der Waals surface area contributed by atoms with Crippen molar-refractivity contribution in [3.8, 4) is 0 Å². The van der Waals surface area contributed by atoms with Gasteiger partial charge in [-0.05, 0) is 58.3 Å². The number of aromatic nitrogens is 1. The highest BCUT2D eigenvalue weighted by Gasteiger charge is 2.26. The molecule has 1 aliphatic rings. The molecule has 0 amide bonds. The molecule has 2 aromatic rings. The smallest absolute Gasteiger partial charge is 0.155 e. The Kier molecular flexibility index (Phi) is 2.67. The number of rotatable bonds is 1. The van der Waals surface area contributed by atoms with Gasteiger partial charge in [-0.2, -0.15) is 0 Å². The molecule has 2 aromatic heterocycles. The van der Waals surface area contributed by atoms with Gasteiger partial charge >= 0.3 is 0 Å². The van der Waals surface area contributed by atoms with Crippen LogP contribution in [0, 0.1) is 20.8 Å². The van der Waals surface area contributed by atoms with Crippen LogP contribution in [0.15, 0.2) is 10.5 Å². The molecule has 1 fully saturated rings. The largest absolute Gasteiger partial charge is 0.457 e. The highest BCUT2D eigenvalue weighted by molar-refractivity contribution is 5.78. The fourth-order valence-electron chi connectivity index (χ4n) is 2.89. The van der Waals surface area contributed by atoms with Gasteiger partial charge in [0.1, 0.15) is 11.3 Å². The zero-order valence-electron chi connectivity index (χ0n) is 11.6. The van der Waals surface area contributed by atoms with Crippen molar-refractivity contribution in [2.75, 3.05) is 13.6 Å². The zero-order valence-corrected chi connectivity index (χ0v) is 11.6. The van der Waals surface area contributed by atoms with Gasteiger partial charge in [0.15, 0.2) is 5.58 Å². The van der Waals surface area contributed by atoms with Crippen molar-refractivity contribution in [1.29, 1.82) is 0 Å². The van der Waals surface area contributed by atoms with E-state index < -0.39 is 0 Å². The number of fused-ring (bicyclic) bond motifs is 1. The highest BCUT2D eigenvalue weighted by atomic mass is 16.3. The van der Waals surface area contributed by atoms with Gasteiger partial charge in [-0.25, -0.2) is 4.98 Å². The summed E-state index contributed by atoms with van der Waals surface area (Å²) in [6, 6.07) is 2.56. The van der Waals surface area contributed by atoms with Crippen molar-refractivity contribution in [1.82, 2.24) is 9.88 Å². The van der Waals surface area contributed by atoms with E-state index in [2.05, 4.69) is 43.8 Å². The number of nitrogens with zero attached hydrogens (tertiary/aromatic N) is 2. The maximum absolute atomic E-state index is 6.08. The lowest BCUT2D eigenvalue weighted by Crippen LogP contribution is -2.16. The summed E-state index contributed by atoms with van der Waals surface area (Å²) in [5.41, 5.74) is 5.54. The van der Waals surface area contributed by atoms with Crippen molar-refractivity contribution < 1.29 is 4.42 Å². The van der Waals surface area contributed by atoms with Crippen molar-refractivity contribution in [3.05, 3.63) is 28.6 Å². The van der Waals surface area contributed by atoms with Crippen LogP contribution in [0.4, 0.5) is 0 Å². The Balaban J connectivity index is 2.14. The van der Waals surface area contributed by atoms with E-state index in [1.54, 1.807) is 0 Å². The number of furan rings is 1. The highest BCUT2D eigenvalue weighted by Crippen LogP contribution is 2.35. The number of likely N-dealkylation sites (tertiary alicyclic amines) is 1. The molecule has 0 bridgehead atoms. The van der Waals surface area contributed by atoms with Crippen LogP contribution in [-0.4, -0.2) is 23.5 Å². The van der Waals surface area contributed by atoms with E-state index in [1.165, 1.54) is 24.0 Å². The van der Waals surface area contributed by atoms with Gasteiger partial charge in [-0.15, -0.1) is 0 Å². The minimum absolute atomic E-state index is 0.430. The molecular formula is C15H20N2O. The molecule has 3 heteroatoms. The summed E-state index contributed by atoms with van der Waals surface area (Å²) < 4.78 is 6.08. The van der Waals surface area contributed by atoms with E-state index in [0.29, 0.717) is 6.04 Å².